The van der Waals surface area contributed by atoms with Gasteiger partial charge in [0.05, 0.1) is 16.8 Å². The fourth-order valence-electron chi connectivity index (χ4n) is 2.13. The third kappa shape index (κ3) is 3.99. The van der Waals surface area contributed by atoms with Gasteiger partial charge in [-0.05, 0) is 24.3 Å². The number of ether oxygens (including phenoxy) is 1. The van der Waals surface area contributed by atoms with E-state index in [-0.39, 0.29) is 20.5 Å². The number of hydrogen-bond acceptors (Lipinski definition) is 5. The molecule has 2 heterocycles. The summed E-state index contributed by atoms with van der Waals surface area (Å²) in [4.78, 5) is 18.0. The van der Waals surface area contributed by atoms with Crippen LogP contribution in [0.4, 0.5) is 18.9 Å². The summed E-state index contributed by atoms with van der Waals surface area (Å²) in [5.74, 6) is -0.813. The van der Waals surface area contributed by atoms with Crippen LogP contribution >= 0.6 is 24.0 Å². The van der Waals surface area contributed by atoms with Crippen molar-refractivity contribution in [2.24, 2.45) is 0 Å². The molecule has 0 N–H and O–H groups in total. The van der Waals surface area contributed by atoms with Crippen molar-refractivity contribution in [3.63, 3.8) is 0 Å². The molecular formula is C16H9F3N2O2S2. The molecule has 128 valence electrons. The van der Waals surface area contributed by atoms with Gasteiger partial charge in [0, 0.05) is 11.8 Å². The highest BCUT2D eigenvalue weighted by molar-refractivity contribution is 8.27. The lowest BCUT2D eigenvalue weighted by molar-refractivity contribution is -0.274. The topological polar surface area (TPSA) is 42.4 Å². The Balaban J connectivity index is 1.93. The first-order chi connectivity index (χ1) is 11.8. The molecule has 2 aromatic rings. The Labute approximate surface area is 150 Å². The van der Waals surface area contributed by atoms with Crippen LogP contribution in [0.15, 0.2) is 53.7 Å². The van der Waals surface area contributed by atoms with E-state index in [9.17, 15) is 18.0 Å². The van der Waals surface area contributed by atoms with Gasteiger partial charge in [0.15, 0.2) is 4.32 Å². The van der Waals surface area contributed by atoms with Crippen molar-refractivity contribution in [1.29, 1.82) is 0 Å². The summed E-state index contributed by atoms with van der Waals surface area (Å²) in [6.07, 6.45) is -0.453. The Hall–Kier alpha value is -2.39. The minimum absolute atomic E-state index is 0.131. The number of carbonyl (C=O) groups excluding carboxylic acids is 1. The van der Waals surface area contributed by atoms with E-state index < -0.39 is 12.3 Å². The normalized spacial score (nSPS) is 16.6. The molecule has 0 bridgehead atoms. The zero-order valence-electron chi connectivity index (χ0n) is 12.4. The first kappa shape index (κ1) is 17.4. The molecule has 0 aliphatic carbocycles. The van der Waals surface area contributed by atoms with Crippen molar-refractivity contribution >= 4 is 46.0 Å². The van der Waals surface area contributed by atoms with Gasteiger partial charge >= 0.3 is 6.36 Å². The van der Waals surface area contributed by atoms with E-state index in [1.165, 1.54) is 35.4 Å². The van der Waals surface area contributed by atoms with Crippen LogP contribution < -0.4 is 9.64 Å². The molecule has 1 fully saturated rings. The molecule has 0 saturated carbocycles. The lowest BCUT2D eigenvalue weighted by Gasteiger charge is -2.13. The zero-order valence-corrected chi connectivity index (χ0v) is 14.0. The van der Waals surface area contributed by atoms with E-state index >= 15 is 0 Å². The number of amides is 1. The van der Waals surface area contributed by atoms with E-state index in [2.05, 4.69) is 9.72 Å². The first-order valence-corrected chi connectivity index (χ1v) is 8.10. The average Bonchev–Trinajstić information content (AvgIpc) is 2.83. The van der Waals surface area contributed by atoms with Crippen LogP contribution in [0, 0.1) is 0 Å². The number of hydrogen-bond donors (Lipinski definition) is 0. The standard InChI is InChI=1S/C16H9F3N2O2S2/c17-16(18,19)23-12-6-2-1-4-10(12)8-13-14(22)21(15(24)25-13)11-5-3-7-20-9-11/h1-9H/b13-8-. The van der Waals surface area contributed by atoms with Gasteiger partial charge in [0.1, 0.15) is 5.75 Å². The third-order valence-electron chi connectivity index (χ3n) is 3.13. The summed E-state index contributed by atoms with van der Waals surface area (Å²) in [6.45, 7) is 0. The van der Waals surface area contributed by atoms with Crippen LogP contribution in [0.25, 0.3) is 6.08 Å². The minimum atomic E-state index is -4.82. The van der Waals surface area contributed by atoms with Crippen LogP contribution in [-0.4, -0.2) is 21.6 Å². The van der Waals surface area contributed by atoms with Gasteiger partial charge in [-0.1, -0.05) is 42.2 Å². The molecule has 0 atom stereocenters. The number of alkyl halides is 3. The Morgan fingerprint density at radius 2 is 1.96 bits per heavy atom. The van der Waals surface area contributed by atoms with Crippen LogP contribution in [0.3, 0.4) is 0 Å². The highest BCUT2D eigenvalue weighted by Crippen LogP contribution is 2.37. The number of thioether (sulfide) groups is 1. The second-order valence-electron chi connectivity index (χ2n) is 4.81. The van der Waals surface area contributed by atoms with E-state index in [4.69, 9.17) is 12.2 Å². The number of rotatable bonds is 3. The van der Waals surface area contributed by atoms with Crippen molar-refractivity contribution in [1.82, 2.24) is 4.98 Å². The zero-order chi connectivity index (χ0) is 18.0. The molecule has 1 saturated heterocycles. The number of thiocarbonyl (C=S) groups is 1. The number of carbonyl (C=O) groups is 1. The third-order valence-corrected chi connectivity index (χ3v) is 4.43. The fraction of sp³-hybridized carbons (Fsp3) is 0.0625. The highest BCUT2D eigenvalue weighted by atomic mass is 32.2. The van der Waals surface area contributed by atoms with Crippen molar-refractivity contribution < 1.29 is 22.7 Å². The number of benzene rings is 1. The van der Waals surface area contributed by atoms with E-state index in [1.807, 2.05) is 0 Å². The quantitative estimate of drug-likeness (QED) is 0.582. The van der Waals surface area contributed by atoms with Gasteiger partial charge < -0.3 is 4.74 Å². The predicted octanol–water partition coefficient (Wildman–Crippen LogP) is 4.39. The van der Waals surface area contributed by atoms with Crippen LogP contribution in [0.5, 0.6) is 5.75 Å². The van der Waals surface area contributed by atoms with Gasteiger partial charge in [-0.25, -0.2) is 0 Å². The van der Waals surface area contributed by atoms with Gasteiger partial charge in [0.25, 0.3) is 5.91 Å². The van der Waals surface area contributed by atoms with E-state index in [0.717, 1.165) is 11.8 Å². The molecule has 1 aromatic heterocycles. The number of pyridine rings is 1. The maximum atomic E-state index is 12.6. The summed E-state index contributed by atoms with van der Waals surface area (Å²) in [5, 5.41) is 0. The average molecular weight is 382 g/mol. The monoisotopic (exact) mass is 382 g/mol. The van der Waals surface area contributed by atoms with Gasteiger partial charge in [-0.3, -0.25) is 14.7 Å². The summed E-state index contributed by atoms with van der Waals surface area (Å²) < 4.78 is 41.8. The maximum absolute atomic E-state index is 12.6. The summed E-state index contributed by atoms with van der Waals surface area (Å²) >= 11 is 6.20. The van der Waals surface area contributed by atoms with Crippen molar-refractivity contribution in [2.75, 3.05) is 4.90 Å². The van der Waals surface area contributed by atoms with Gasteiger partial charge in [-0.2, -0.15) is 0 Å². The lowest BCUT2D eigenvalue weighted by Crippen LogP contribution is -2.27. The Bertz CT molecular complexity index is 854. The largest absolute Gasteiger partial charge is 0.573 e. The Kier molecular flexibility index (Phi) is 4.78. The number of nitrogens with zero attached hydrogens (tertiary/aromatic N) is 2. The smallest absolute Gasteiger partial charge is 0.405 e. The van der Waals surface area contributed by atoms with E-state index in [1.54, 1.807) is 24.4 Å². The van der Waals surface area contributed by atoms with Crippen LogP contribution in [-0.2, 0) is 4.79 Å². The molecular weight excluding hydrogens is 373 g/mol. The number of para-hydroxylation sites is 1. The van der Waals surface area contributed by atoms with Crippen molar-refractivity contribution in [2.45, 2.75) is 6.36 Å². The molecule has 1 amide bonds. The maximum Gasteiger partial charge on any atom is 0.573 e. The second-order valence-corrected chi connectivity index (χ2v) is 6.49. The van der Waals surface area contributed by atoms with Gasteiger partial charge in [0.2, 0.25) is 0 Å². The van der Waals surface area contributed by atoms with Crippen LogP contribution in [0.2, 0.25) is 0 Å². The fourth-order valence-corrected chi connectivity index (χ4v) is 3.42. The number of aromatic nitrogens is 1. The minimum Gasteiger partial charge on any atom is -0.405 e. The number of anilines is 1. The lowest BCUT2D eigenvalue weighted by atomic mass is 10.2. The molecule has 0 unspecified atom stereocenters. The second kappa shape index (κ2) is 6.85. The van der Waals surface area contributed by atoms with Crippen molar-refractivity contribution in [3.05, 3.63) is 59.3 Å². The molecule has 1 aromatic carbocycles. The predicted molar refractivity (Wildman–Crippen MR) is 93.0 cm³/mol. The Morgan fingerprint density at radius 3 is 2.64 bits per heavy atom. The summed E-state index contributed by atoms with van der Waals surface area (Å²) in [6, 6.07) is 8.90. The molecule has 9 heteroatoms. The molecule has 25 heavy (non-hydrogen) atoms. The molecule has 0 spiro atoms. The highest BCUT2D eigenvalue weighted by Gasteiger charge is 2.35. The van der Waals surface area contributed by atoms with Gasteiger partial charge in [-0.15, -0.1) is 13.2 Å². The Morgan fingerprint density at radius 1 is 1.20 bits per heavy atom. The number of halogens is 3. The SMILES string of the molecule is O=C1/C(=C/c2ccccc2OC(F)(F)F)SC(=S)N1c1cccnc1. The molecule has 3 rings (SSSR count). The molecule has 1 aliphatic heterocycles. The van der Waals surface area contributed by atoms with Crippen molar-refractivity contribution in [3.8, 4) is 5.75 Å². The molecule has 0 radical (unpaired) electrons. The summed E-state index contributed by atoms with van der Waals surface area (Å²) in [5.41, 5.74) is 0.625. The summed E-state index contributed by atoms with van der Waals surface area (Å²) in [7, 11) is 0. The molecule has 1 aliphatic rings. The van der Waals surface area contributed by atoms with Crippen LogP contribution in [0.1, 0.15) is 5.56 Å². The van der Waals surface area contributed by atoms with E-state index in [0.29, 0.717) is 5.69 Å². The molecule has 4 nitrogen and oxygen atoms in total. The first-order valence-electron chi connectivity index (χ1n) is 6.88.